The van der Waals surface area contributed by atoms with Gasteiger partial charge in [0.05, 0.1) is 17.3 Å². The molecule has 11 heteroatoms. The Kier molecular flexibility index (Phi) is 7.21. The molecule has 3 rings (SSSR count). The Labute approximate surface area is 202 Å². The smallest absolute Gasteiger partial charge is 0.337 e. The number of hydrogen-bond acceptors (Lipinski definition) is 4. The molecule has 6 nitrogen and oxygen atoms in total. The molecule has 0 bridgehead atoms. The standard InChI is InChI=1S/C19H15Br3ClFN4O2/c1-27-15(16(29)28(18(27)30)14-9-5-3-7-12(14)24)26-17(19(21,22)10-23)25-13-8-4-2-6-11(13)20/h2-9,17,25H,10H2,1H3. The average molecular weight is 626 g/mol. The summed E-state index contributed by atoms with van der Waals surface area (Å²) in [6.45, 7) is 0. The Morgan fingerprint density at radius 3 is 2.43 bits per heavy atom. The molecule has 2 aromatic rings. The molecule has 1 N–H and O–H groups in total. The molecule has 158 valence electrons. The summed E-state index contributed by atoms with van der Waals surface area (Å²) in [6, 6.07) is 12.2. The Morgan fingerprint density at radius 1 is 1.17 bits per heavy atom. The molecule has 1 saturated heterocycles. The molecule has 1 aliphatic rings. The van der Waals surface area contributed by atoms with Gasteiger partial charge in [0.1, 0.15) is 15.2 Å². The van der Waals surface area contributed by atoms with Crippen molar-refractivity contribution in [2.24, 2.45) is 4.99 Å². The Hall–Kier alpha value is -1.49. The molecular formula is C19H15Br3ClFN4O2. The zero-order chi connectivity index (χ0) is 22.1. The van der Waals surface area contributed by atoms with Crippen LogP contribution >= 0.6 is 59.4 Å². The van der Waals surface area contributed by atoms with Crippen LogP contribution in [-0.2, 0) is 4.79 Å². The van der Waals surface area contributed by atoms with E-state index in [1.165, 1.54) is 25.2 Å². The van der Waals surface area contributed by atoms with Crippen LogP contribution < -0.4 is 10.2 Å². The maximum atomic E-state index is 14.2. The highest BCUT2D eigenvalue weighted by atomic mass is 79.9. The van der Waals surface area contributed by atoms with Gasteiger partial charge in [0.25, 0.3) is 0 Å². The number of carbonyl (C=O) groups is 2. The number of urea groups is 1. The minimum Gasteiger partial charge on any atom is -0.361 e. The fraction of sp³-hybridized carbons (Fsp3) is 0.211. The van der Waals surface area contributed by atoms with Gasteiger partial charge in [-0.1, -0.05) is 56.1 Å². The van der Waals surface area contributed by atoms with Crippen LogP contribution in [0.3, 0.4) is 0 Å². The van der Waals surface area contributed by atoms with Crippen molar-refractivity contribution < 1.29 is 14.0 Å². The summed E-state index contributed by atoms with van der Waals surface area (Å²) < 4.78 is 14.1. The lowest BCUT2D eigenvalue weighted by molar-refractivity contribution is -0.111. The summed E-state index contributed by atoms with van der Waals surface area (Å²) in [5, 5.41) is 3.19. The molecule has 1 atom stereocenters. The first-order chi connectivity index (χ1) is 14.2. The SMILES string of the molecule is CN1C(=O)N(c2ccccc2F)C(=O)C1=NC(Nc1ccccc1Br)C(Br)(Br)CCl. The summed E-state index contributed by atoms with van der Waals surface area (Å²) in [4.78, 5) is 32.0. The zero-order valence-corrected chi connectivity index (χ0v) is 21.0. The van der Waals surface area contributed by atoms with Crippen molar-refractivity contribution in [2.75, 3.05) is 23.1 Å². The van der Waals surface area contributed by atoms with E-state index in [4.69, 9.17) is 11.6 Å². The summed E-state index contributed by atoms with van der Waals surface area (Å²) in [6.07, 6.45) is -0.802. The van der Waals surface area contributed by atoms with Crippen LogP contribution in [0.25, 0.3) is 0 Å². The first-order valence-corrected chi connectivity index (χ1v) is 11.5. The quantitative estimate of drug-likeness (QED) is 0.339. The highest BCUT2D eigenvalue weighted by molar-refractivity contribution is 9.25. The van der Waals surface area contributed by atoms with Crippen LogP contribution in [0.1, 0.15) is 0 Å². The fourth-order valence-electron chi connectivity index (χ4n) is 2.71. The number of para-hydroxylation sites is 2. The van der Waals surface area contributed by atoms with Gasteiger partial charge in [0.15, 0.2) is 0 Å². The number of halogens is 5. The van der Waals surface area contributed by atoms with Gasteiger partial charge in [-0.25, -0.2) is 19.1 Å². The van der Waals surface area contributed by atoms with E-state index in [9.17, 15) is 14.0 Å². The van der Waals surface area contributed by atoms with E-state index in [2.05, 4.69) is 58.1 Å². The monoisotopic (exact) mass is 622 g/mol. The number of amides is 3. The van der Waals surface area contributed by atoms with Gasteiger partial charge in [0, 0.05) is 11.5 Å². The lowest BCUT2D eigenvalue weighted by Crippen LogP contribution is -2.40. The second-order valence-electron chi connectivity index (χ2n) is 6.31. The average Bonchev–Trinajstić information content (AvgIpc) is 2.92. The topological polar surface area (TPSA) is 65.0 Å². The van der Waals surface area contributed by atoms with Crippen molar-refractivity contribution >= 4 is 88.5 Å². The van der Waals surface area contributed by atoms with Gasteiger partial charge in [-0.2, -0.15) is 0 Å². The van der Waals surface area contributed by atoms with Gasteiger partial charge < -0.3 is 5.32 Å². The maximum Gasteiger partial charge on any atom is 0.337 e. The van der Waals surface area contributed by atoms with Crippen LogP contribution in [-0.4, -0.2) is 45.0 Å². The van der Waals surface area contributed by atoms with E-state index < -0.39 is 27.2 Å². The van der Waals surface area contributed by atoms with E-state index in [1.54, 1.807) is 6.07 Å². The molecule has 1 heterocycles. The Bertz CT molecular complexity index is 1020. The van der Waals surface area contributed by atoms with Crippen molar-refractivity contribution in [3.8, 4) is 0 Å². The third kappa shape index (κ3) is 4.56. The number of likely N-dealkylation sites (N-methyl/N-ethyl adjacent to an activating group) is 1. The molecule has 1 fully saturated rings. The summed E-state index contributed by atoms with van der Waals surface area (Å²) >= 11 is 16.5. The van der Waals surface area contributed by atoms with E-state index >= 15 is 0 Å². The lowest BCUT2D eigenvalue weighted by Gasteiger charge is -2.28. The first-order valence-electron chi connectivity index (χ1n) is 8.56. The van der Waals surface area contributed by atoms with Crippen molar-refractivity contribution in [2.45, 2.75) is 9.40 Å². The van der Waals surface area contributed by atoms with Gasteiger partial charge in [-0.05, 0) is 40.2 Å². The van der Waals surface area contributed by atoms with Crippen LogP contribution in [0.4, 0.5) is 20.6 Å². The van der Waals surface area contributed by atoms with Gasteiger partial charge in [-0.15, -0.1) is 11.6 Å². The molecule has 1 unspecified atom stereocenters. The summed E-state index contributed by atoms with van der Waals surface area (Å²) in [5.41, 5.74) is 0.562. The number of hydrogen-bond donors (Lipinski definition) is 1. The Morgan fingerprint density at radius 2 is 1.80 bits per heavy atom. The molecular weight excluding hydrogens is 610 g/mol. The number of carbonyl (C=O) groups excluding carboxylic acids is 2. The minimum absolute atomic E-state index is 0.0782. The number of nitrogens with one attached hydrogen (secondary N) is 1. The predicted molar refractivity (Wildman–Crippen MR) is 127 cm³/mol. The number of nitrogens with zero attached hydrogens (tertiary/aromatic N) is 3. The normalized spacial score (nSPS) is 17.1. The third-order valence-corrected chi connectivity index (χ3v) is 7.47. The van der Waals surface area contributed by atoms with E-state index in [0.717, 1.165) is 14.3 Å². The minimum atomic E-state index is -0.945. The van der Waals surface area contributed by atoms with Crippen LogP contribution in [0.2, 0.25) is 0 Å². The lowest BCUT2D eigenvalue weighted by atomic mass is 10.2. The Balaban J connectivity index is 2.02. The van der Waals surface area contributed by atoms with Crippen LogP contribution in [0.15, 0.2) is 58.0 Å². The molecule has 0 aromatic heterocycles. The number of aliphatic imine (C=N–C) groups is 1. The van der Waals surface area contributed by atoms with Crippen molar-refractivity contribution in [1.29, 1.82) is 0 Å². The van der Waals surface area contributed by atoms with Crippen LogP contribution in [0.5, 0.6) is 0 Å². The molecule has 30 heavy (non-hydrogen) atoms. The highest BCUT2D eigenvalue weighted by Gasteiger charge is 2.44. The molecule has 0 saturated carbocycles. The first kappa shape index (κ1) is 23.2. The van der Waals surface area contributed by atoms with E-state index in [0.29, 0.717) is 5.69 Å². The number of alkyl halides is 3. The molecule has 0 spiro atoms. The van der Waals surface area contributed by atoms with Gasteiger partial charge in [-0.3, -0.25) is 9.69 Å². The van der Waals surface area contributed by atoms with Gasteiger partial charge in [0.2, 0.25) is 5.84 Å². The summed E-state index contributed by atoms with van der Waals surface area (Å²) in [5.74, 6) is -1.50. The predicted octanol–water partition coefficient (Wildman–Crippen LogP) is 5.55. The van der Waals surface area contributed by atoms with E-state index in [1.807, 2.05) is 24.3 Å². The van der Waals surface area contributed by atoms with Crippen molar-refractivity contribution in [1.82, 2.24) is 4.90 Å². The number of rotatable bonds is 6. The number of benzene rings is 2. The third-order valence-electron chi connectivity index (χ3n) is 4.28. The fourth-order valence-corrected chi connectivity index (χ4v) is 3.69. The van der Waals surface area contributed by atoms with Crippen molar-refractivity contribution in [3.63, 3.8) is 0 Å². The summed E-state index contributed by atoms with van der Waals surface area (Å²) in [7, 11) is 1.40. The molecule has 3 amide bonds. The number of imide groups is 1. The molecule has 1 aliphatic heterocycles. The second kappa shape index (κ2) is 9.33. The maximum absolute atomic E-state index is 14.2. The van der Waals surface area contributed by atoms with Crippen molar-refractivity contribution in [3.05, 3.63) is 58.8 Å². The van der Waals surface area contributed by atoms with Gasteiger partial charge >= 0.3 is 11.9 Å². The number of amidine groups is 1. The zero-order valence-electron chi connectivity index (χ0n) is 15.5. The molecule has 0 aliphatic carbocycles. The highest BCUT2D eigenvalue weighted by Crippen LogP contribution is 2.36. The molecule has 0 radical (unpaired) electrons. The molecule has 2 aromatic carbocycles. The number of anilines is 2. The largest absolute Gasteiger partial charge is 0.361 e. The second-order valence-corrected chi connectivity index (χ2v) is 11.3. The van der Waals surface area contributed by atoms with E-state index in [-0.39, 0.29) is 17.4 Å². The van der Waals surface area contributed by atoms with Crippen LogP contribution in [0, 0.1) is 5.82 Å².